The Hall–Kier alpha value is -1.33. The van der Waals surface area contributed by atoms with Crippen LogP contribution >= 0.6 is 27.7 Å². The fraction of sp³-hybridized carbons (Fsp3) is 0.0769. The fourth-order valence-corrected chi connectivity index (χ4v) is 2.97. The Labute approximate surface area is 117 Å². The Morgan fingerprint density at radius 2 is 2.11 bits per heavy atom. The minimum atomic E-state index is -0.933. The van der Waals surface area contributed by atoms with E-state index in [0.717, 1.165) is 15.2 Å². The highest BCUT2D eigenvalue weighted by molar-refractivity contribution is 9.10. The van der Waals surface area contributed by atoms with E-state index in [1.54, 1.807) is 18.2 Å². The summed E-state index contributed by atoms with van der Waals surface area (Å²) in [5.74, 6) is -0.933. The molecule has 0 spiro atoms. The van der Waals surface area contributed by atoms with Gasteiger partial charge in [-0.2, -0.15) is 0 Å². The number of hydrogen-bond donors (Lipinski definition) is 1. The van der Waals surface area contributed by atoms with Gasteiger partial charge in [0.1, 0.15) is 5.03 Å². The number of carboxylic acid groups (broad SMARTS) is 1. The first-order chi connectivity index (χ1) is 8.56. The predicted octanol–water partition coefficient (Wildman–Crippen LogP) is 4.00. The molecule has 1 heterocycles. The molecule has 0 bridgehead atoms. The van der Waals surface area contributed by atoms with Gasteiger partial charge in [-0.15, -0.1) is 0 Å². The molecule has 0 aliphatic rings. The first-order valence-electron chi connectivity index (χ1n) is 5.20. The zero-order valence-corrected chi connectivity index (χ0v) is 12.0. The van der Waals surface area contributed by atoms with Gasteiger partial charge in [-0.3, -0.25) is 0 Å². The van der Waals surface area contributed by atoms with Crippen LogP contribution in [0, 0.1) is 6.92 Å². The van der Waals surface area contributed by atoms with Gasteiger partial charge in [-0.25, -0.2) is 9.78 Å². The van der Waals surface area contributed by atoms with E-state index >= 15 is 0 Å². The first-order valence-corrected chi connectivity index (χ1v) is 6.81. The summed E-state index contributed by atoms with van der Waals surface area (Å²) >= 11 is 4.70. The highest BCUT2D eigenvalue weighted by Gasteiger charge is 2.12. The lowest BCUT2D eigenvalue weighted by atomic mass is 10.2. The second-order valence-electron chi connectivity index (χ2n) is 3.66. The van der Waals surface area contributed by atoms with Crippen LogP contribution in [0.5, 0.6) is 0 Å². The highest BCUT2D eigenvalue weighted by Crippen LogP contribution is 2.31. The molecule has 92 valence electrons. The summed E-state index contributed by atoms with van der Waals surface area (Å²) in [4.78, 5) is 16.2. The Morgan fingerprint density at radius 3 is 2.78 bits per heavy atom. The molecule has 0 fully saturated rings. The molecule has 3 nitrogen and oxygen atoms in total. The Balaban J connectivity index is 2.39. The Morgan fingerprint density at radius 1 is 1.33 bits per heavy atom. The number of aromatic carboxylic acids is 1. The van der Waals surface area contributed by atoms with Gasteiger partial charge in [0, 0.05) is 15.1 Å². The number of halogens is 1. The first kappa shape index (κ1) is 13.1. The molecule has 1 aromatic heterocycles. The lowest BCUT2D eigenvalue weighted by Gasteiger charge is -2.06. The number of nitrogens with zero attached hydrogens (tertiary/aromatic N) is 1. The molecule has 2 rings (SSSR count). The second-order valence-corrected chi connectivity index (χ2v) is 5.64. The van der Waals surface area contributed by atoms with Crippen LogP contribution in [-0.2, 0) is 0 Å². The molecular weight excluding hydrogens is 314 g/mol. The molecule has 1 N–H and O–H groups in total. The standard InChI is InChI=1S/C13H10BrNO2S/c1-8-3-2-4-12(15-8)18-11-7-9(14)5-6-10(11)13(16)17/h2-7H,1H3,(H,16,17). The Kier molecular flexibility index (Phi) is 4.04. The molecule has 0 amide bonds. The lowest BCUT2D eigenvalue weighted by Crippen LogP contribution is -1.98. The van der Waals surface area contributed by atoms with Crippen molar-refractivity contribution in [3.8, 4) is 0 Å². The third-order valence-corrected chi connectivity index (χ3v) is 3.74. The molecule has 0 saturated heterocycles. The van der Waals surface area contributed by atoms with Crippen molar-refractivity contribution in [2.24, 2.45) is 0 Å². The summed E-state index contributed by atoms with van der Waals surface area (Å²) in [6, 6.07) is 10.8. The van der Waals surface area contributed by atoms with Crippen LogP contribution in [0.2, 0.25) is 0 Å². The largest absolute Gasteiger partial charge is 0.478 e. The number of carboxylic acids is 1. The summed E-state index contributed by atoms with van der Waals surface area (Å²) in [5.41, 5.74) is 1.19. The molecule has 0 unspecified atom stereocenters. The van der Waals surface area contributed by atoms with Crippen LogP contribution < -0.4 is 0 Å². The number of benzene rings is 1. The van der Waals surface area contributed by atoms with Crippen molar-refractivity contribution in [2.45, 2.75) is 16.8 Å². The van der Waals surface area contributed by atoms with Gasteiger partial charge in [0.15, 0.2) is 0 Å². The number of aromatic nitrogens is 1. The van der Waals surface area contributed by atoms with Gasteiger partial charge in [-0.1, -0.05) is 33.8 Å². The average Bonchev–Trinajstić information content (AvgIpc) is 2.28. The average molecular weight is 324 g/mol. The summed E-state index contributed by atoms with van der Waals surface area (Å²) < 4.78 is 0.850. The fourth-order valence-electron chi connectivity index (χ4n) is 1.44. The molecule has 0 atom stereocenters. The van der Waals surface area contributed by atoms with Crippen molar-refractivity contribution in [3.05, 3.63) is 52.1 Å². The summed E-state index contributed by atoms with van der Waals surface area (Å²) in [5, 5.41) is 9.93. The summed E-state index contributed by atoms with van der Waals surface area (Å²) in [6.45, 7) is 1.91. The molecule has 1 aromatic carbocycles. The number of hydrogen-bond acceptors (Lipinski definition) is 3. The van der Waals surface area contributed by atoms with E-state index in [-0.39, 0.29) is 5.56 Å². The van der Waals surface area contributed by atoms with Crippen molar-refractivity contribution in [1.82, 2.24) is 4.98 Å². The van der Waals surface area contributed by atoms with Crippen LogP contribution in [0.3, 0.4) is 0 Å². The van der Waals surface area contributed by atoms with E-state index < -0.39 is 5.97 Å². The number of pyridine rings is 1. The van der Waals surface area contributed by atoms with Crippen LogP contribution in [0.25, 0.3) is 0 Å². The van der Waals surface area contributed by atoms with Crippen molar-refractivity contribution < 1.29 is 9.90 Å². The van der Waals surface area contributed by atoms with Gasteiger partial charge in [-0.05, 0) is 37.3 Å². The third-order valence-electron chi connectivity index (χ3n) is 2.25. The van der Waals surface area contributed by atoms with Crippen molar-refractivity contribution in [1.29, 1.82) is 0 Å². The number of rotatable bonds is 3. The second kappa shape index (κ2) is 5.54. The number of aryl methyl sites for hydroxylation is 1. The molecule has 5 heteroatoms. The monoisotopic (exact) mass is 323 g/mol. The van der Waals surface area contributed by atoms with E-state index in [9.17, 15) is 4.79 Å². The normalized spacial score (nSPS) is 10.3. The zero-order chi connectivity index (χ0) is 13.1. The van der Waals surface area contributed by atoms with Crippen LogP contribution in [0.4, 0.5) is 0 Å². The molecule has 18 heavy (non-hydrogen) atoms. The molecule has 2 aromatic rings. The van der Waals surface area contributed by atoms with E-state index in [0.29, 0.717) is 4.90 Å². The molecule has 0 aliphatic heterocycles. The minimum Gasteiger partial charge on any atom is -0.478 e. The maximum atomic E-state index is 11.1. The smallest absolute Gasteiger partial charge is 0.336 e. The lowest BCUT2D eigenvalue weighted by molar-refractivity contribution is 0.0693. The topological polar surface area (TPSA) is 50.2 Å². The zero-order valence-electron chi connectivity index (χ0n) is 9.55. The van der Waals surface area contributed by atoms with E-state index in [1.807, 2.05) is 25.1 Å². The number of carbonyl (C=O) groups is 1. The van der Waals surface area contributed by atoms with E-state index in [1.165, 1.54) is 11.8 Å². The predicted molar refractivity (Wildman–Crippen MR) is 74.2 cm³/mol. The van der Waals surface area contributed by atoms with Gasteiger partial charge >= 0.3 is 5.97 Å². The van der Waals surface area contributed by atoms with Gasteiger partial charge in [0.2, 0.25) is 0 Å². The van der Waals surface area contributed by atoms with Crippen molar-refractivity contribution in [3.63, 3.8) is 0 Å². The van der Waals surface area contributed by atoms with Crippen LogP contribution in [0.15, 0.2) is 50.8 Å². The SMILES string of the molecule is Cc1cccc(Sc2cc(Br)ccc2C(=O)O)n1. The van der Waals surface area contributed by atoms with E-state index in [2.05, 4.69) is 20.9 Å². The highest BCUT2D eigenvalue weighted by atomic mass is 79.9. The maximum Gasteiger partial charge on any atom is 0.336 e. The molecular formula is C13H10BrNO2S. The summed E-state index contributed by atoms with van der Waals surface area (Å²) in [6.07, 6.45) is 0. The van der Waals surface area contributed by atoms with Crippen molar-refractivity contribution in [2.75, 3.05) is 0 Å². The molecule has 0 radical (unpaired) electrons. The quantitative estimate of drug-likeness (QED) is 0.927. The van der Waals surface area contributed by atoms with Crippen LogP contribution in [0.1, 0.15) is 16.1 Å². The maximum absolute atomic E-state index is 11.1. The van der Waals surface area contributed by atoms with Gasteiger partial charge < -0.3 is 5.11 Å². The third kappa shape index (κ3) is 3.11. The van der Waals surface area contributed by atoms with Gasteiger partial charge in [0.25, 0.3) is 0 Å². The Bertz CT molecular complexity index is 601. The molecule has 0 aliphatic carbocycles. The van der Waals surface area contributed by atoms with Gasteiger partial charge in [0.05, 0.1) is 5.56 Å². The minimum absolute atomic E-state index is 0.284. The van der Waals surface area contributed by atoms with Crippen molar-refractivity contribution >= 4 is 33.7 Å². The summed E-state index contributed by atoms with van der Waals surface area (Å²) in [7, 11) is 0. The molecule has 0 saturated carbocycles. The van der Waals surface area contributed by atoms with E-state index in [4.69, 9.17) is 5.11 Å². The van der Waals surface area contributed by atoms with Crippen LogP contribution in [-0.4, -0.2) is 16.1 Å².